The number of aromatic hydroxyl groups is 1. The molecule has 9 nitrogen and oxygen atoms in total. The maximum Gasteiger partial charge on any atom is 0.228 e. The van der Waals surface area contributed by atoms with Crippen molar-refractivity contribution in [2.75, 3.05) is 21.2 Å². The largest absolute Gasteiger partial charge is 0.507 e. The number of rotatable bonds is 6. The van der Waals surface area contributed by atoms with Crippen molar-refractivity contribution in [2.45, 2.75) is 57.3 Å². The quantitative estimate of drug-likeness (QED) is 0.474. The molecule has 2 saturated carbocycles. The van der Waals surface area contributed by atoms with Crippen LogP contribution in [-0.2, 0) is 32.1 Å². The van der Waals surface area contributed by atoms with Crippen LogP contribution in [0.2, 0.25) is 0 Å². The summed E-state index contributed by atoms with van der Waals surface area (Å²) in [6.07, 6.45) is -0.355. The molecule has 0 heterocycles. The van der Waals surface area contributed by atoms with Crippen molar-refractivity contribution in [3.05, 3.63) is 28.3 Å². The molecule has 3 aliphatic carbocycles. The van der Waals surface area contributed by atoms with Gasteiger partial charge in [0, 0.05) is 43.2 Å². The standard InChI is InChI=1S/C26H33F2N3O6/c1-10(2)30-9-14-19(28)18(27)12-6-11-7-15-20(31(3)4)22(33)13(25(29)36)8-26(15,37-5)24(35)16(11)23(34)17(12)21(14)32/h10-11,13,15-16,20,30,32H,6-9H2,1-5H3,(H2,29,36). The molecule has 202 valence electrons. The van der Waals surface area contributed by atoms with E-state index >= 15 is 4.39 Å². The Morgan fingerprint density at radius 3 is 2.43 bits per heavy atom. The summed E-state index contributed by atoms with van der Waals surface area (Å²) in [6.45, 7) is 3.36. The van der Waals surface area contributed by atoms with E-state index in [0.717, 1.165) is 0 Å². The first-order valence-electron chi connectivity index (χ1n) is 12.4. The molecule has 0 spiro atoms. The molecule has 6 atom stereocenters. The van der Waals surface area contributed by atoms with Gasteiger partial charge in [-0.2, -0.15) is 0 Å². The number of methoxy groups -OCH3 is 1. The number of carbonyl (C=O) groups excluding carboxylic acids is 4. The molecule has 4 rings (SSSR count). The average Bonchev–Trinajstić information content (AvgIpc) is 2.81. The monoisotopic (exact) mass is 521 g/mol. The number of likely N-dealkylation sites (N-methyl/N-ethyl adjacent to an activating group) is 1. The predicted molar refractivity (Wildman–Crippen MR) is 128 cm³/mol. The first kappa shape index (κ1) is 27.3. The van der Waals surface area contributed by atoms with Crippen molar-refractivity contribution in [1.82, 2.24) is 10.2 Å². The third-order valence-electron chi connectivity index (χ3n) is 8.34. The predicted octanol–water partition coefficient (Wildman–Crippen LogP) is 1.12. The molecular weight excluding hydrogens is 488 g/mol. The number of nitrogens with zero attached hydrogens (tertiary/aromatic N) is 1. The van der Waals surface area contributed by atoms with E-state index in [2.05, 4.69) is 5.32 Å². The number of amides is 1. The van der Waals surface area contributed by atoms with Gasteiger partial charge >= 0.3 is 0 Å². The number of nitrogens with two attached hydrogens (primary N) is 1. The fraction of sp³-hybridized carbons (Fsp3) is 0.615. The second kappa shape index (κ2) is 9.52. The van der Waals surface area contributed by atoms with Crippen LogP contribution in [0, 0.1) is 35.3 Å². The molecule has 3 aliphatic rings. The second-order valence-electron chi connectivity index (χ2n) is 10.9. The van der Waals surface area contributed by atoms with Gasteiger partial charge in [0.25, 0.3) is 0 Å². The number of Topliss-reactive ketones (excluding diaryl/α,β-unsaturated/α-hetero) is 3. The van der Waals surface area contributed by atoms with E-state index < -0.39 is 81.5 Å². The molecule has 6 unspecified atom stereocenters. The van der Waals surface area contributed by atoms with Gasteiger partial charge < -0.3 is 20.9 Å². The minimum Gasteiger partial charge on any atom is -0.507 e. The first-order chi connectivity index (χ1) is 17.3. The summed E-state index contributed by atoms with van der Waals surface area (Å²) in [5.41, 5.74) is 2.79. The highest BCUT2D eigenvalue weighted by Crippen LogP contribution is 2.53. The fourth-order valence-electron chi connectivity index (χ4n) is 6.60. The molecule has 0 aromatic heterocycles. The van der Waals surface area contributed by atoms with Crippen LogP contribution in [0.1, 0.15) is 48.2 Å². The topological polar surface area (TPSA) is 139 Å². The molecule has 0 radical (unpaired) electrons. The van der Waals surface area contributed by atoms with Crippen molar-refractivity contribution < 1.29 is 37.8 Å². The normalized spacial score (nSPS) is 31.4. The van der Waals surface area contributed by atoms with Gasteiger partial charge in [-0.1, -0.05) is 13.8 Å². The van der Waals surface area contributed by atoms with Crippen LogP contribution in [0.25, 0.3) is 0 Å². The second-order valence-corrected chi connectivity index (χ2v) is 10.9. The Bertz CT molecular complexity index is 1190. The molecule has 1 aromatic carbocycles. The van der Waals surface area contributed by atoms with Crippen molar-refractivity contribution in [1.29, 1.82) is 0 Å². The molecule has 2 fully saturated rings. The summed E-state index contributed by atoms with van der Waals surface area (Å²) in [6, 6.07) is -1.01. The molecule has 1 amide bonds. The lowest BCUT2D eigenvalue weighted by Crippen LogP contribution is -2.70. The summed E-state index contributed by atoms with van der Waals surface area (Å²) >= 11 is 0. The van der Waals surface area contributed by atoms with Gasteiger partial charge in [-0.3, -0.25) is 24.1 Å². The number of benzene rings is 1. The van der Waals surface area contributed by atoms with E-state index in [1.807, 2.05) is 0 Å². The highest BCUT2D eigenvalue weighted by molar-refractivity contribution is 6.17. The third kappa shape index (κ3) is 3.98. The number of carbonyl (C=O) groups is 4. The summed E-state index contributed by atoms with van der Waals surface area (Å²) in [5.74, 6) is -10.0. The first-order valence-corrected chi connectivity index (χ1v) is 12.4. The Labute approximate surface area is 213 Å². The summed E-state index contributed by atoms with van der Waals surface area (Å²) < 4.78 is 36.0. The van der Waals surface area contributed by atoms with Gasteiger partial charge in [-0.25, -0.2) is 8.78 Å². The lowest BCUT2D eigenvalue weighted by Gasteiger charge is -2.55. The van der Waals surface area contributed by atoms with Crippen LogP contribution >= 0.6 is 0 Å². The minimum absolute atomic E-state index is 0.103. The smallest absolute Gasteiger partial charge is 0.228 e. The van der Waals surface area contributed by atoms with Gasteiger partial charge in [0.2, 0.25) is 5.91 Å². The number of nitrogens with one attached hydrogen (secondary N) is 1. The van der Waals surface area contributed by atoms with Crippen molar-refractivity contribution in [3.63, 3.8) is 0 Å². The molecule has 0 saturated heterocycles. The van der Waals surface area contributed by atoms with Gasteiger partial charge in [0.05, 0.1) is 17.5 Å². The Balaban J connectivity index is 1.85. The number of hydrogen-bond donors (Lipinski definition) is 3. The van der Waals surface area contributed by atoms with Crippen LogP contribution in [0.5, 0.6) is 5.75 Å². The molecule has 1 aromatic rings. The lowest BCUT2D eigenvalue weighted by atomic mass is 9.52. The zero-order chi connectivity index (χ0) is 27.6. The Morgan fingerprint density at radius 1 is 1.24 bits per heavy atom. The number of fused-ring (bicyclic) bond motifs is 3. The Hall–Kier alpha value is -2.76. The maximum absolute atomic E-state index is 15.3. The van der Waals surface area contributed by atoms with Gasteiger partial charge in [0.15, 0.2) is 29.0 Å². The number of ether oxygens (including phenoxy) is 1. The van der Waals surface area contributed by atoms with Crippen LogP contribution in [0.4, 0.5) is 8.78 Å². The highest BCUT2D eigenvalue weighted by atomic mass is 19.2. The number of hydrogen-bond acceptors (Lipinski definition) is 8. The van der Waals surface area contributed by atoms with Crippen LogP contribution < -0.4 is 11.1 Å². The number of ketones is 3. The number of halogens is 2. The van der Waals surface area contributed by atoms with Crippen molar-refractivity contribution >= 4 is 23.3 Å². The van der Waals surface area contributed by atoms with E-state index in [1.165, 1.54) is 7.11 Å². The fourth-order valence-corrected chi connectivity index (χ4v) is 6.60. The average molecular weight is 522 g/mol. The van der Waals surface area contributed by atoms with Gasteiger partial charge in [-0.15, -0.1) is 0 Å². The number of primary amides is 1. The summed E-state index contributed by atoms with van der Waals surface area (Å²) in [5, 5.41) is 13.8. The van der Waals surface area contributed by atoms with Crippen LogP contribution in [0.15, 0.2) is 0 Å². The minimum atomic E-state index is -1.66. The molecule has 4 N–H and O–H groups in total. The van der Waals surface area contributed by atoms with Crippen molar-refractivity contribution in [2.24, 2.45) is 29.4 Å². The van der Waals surface area contributed by atoms with Crippen LogP contribution in [0.3, 0.4) is 0 Å². The molecule has 37 heavy (non-hydrogen) atoms. The Morgan fingerprint density at radius 2 is 1.89 bits per heavy atom. The highest BCUT2D eigenvalue weighted by Gasteiger charge is 2.66. The summed E-state index contributed by atoms with van der Waals surface area (Å²) in [4.78, 5) is 54.8. The maximum atomic E-state index is 15.3. The van der Waals surface area contributed by atoms with E-state index in [-0.39, 0.29) is 43.0 Å². The third-order valence-corrected chi connectivity index (χ3v) is 8.34. The number of phenols is 1. The zero-order valence-corrected chi connectivity index (χ0v) is 21.6. The summed E-state index contributed by atoms with van der Waals surface area (Å²) in [7, 11) is 4.55. The molecule has 0 bridgehead atoms. The van der Waals surface area contributed by atoms with Gasteiger partial charge in [-0.05, 0) is 32.9 Å². The molecule has 0 aliphatic heterocycles. The van der Waals surface area contributed by atoms with Crippen molar-refractivity contribution in [3.8, 4) is 5.75 Å². The number of phenolic OH excluding ortho intramolecular Hbond substituents is 1. The van der Waals surface area contributed by atoms with E-state index in [1.54, 1.807) is 32.8 Å². The SMILES string of the molecule is COC12CC(C(N)=O)C(=O)C(N(C)C)C1CC1Cc3c(F)c(F)c(CNC(C)C)c(O)c3C(=O)C1C2=O. The van der Waals surface area contributed by atoms with Gasteiger partial charge in [0.1, 0.15) is 17.3 Å². The van der Waals surface area contributed by atoms with E-state index in [4.69, 9.17) is 10.5 Å². The van der Waals surface area contributed by atoms with E-state index in [0.29, 0.717) is 0 Å². The molecule has 11 heteroatoms. The molecular formula is C26H33F2N3O6. The van der Waals surface area contributed by atoms with E-state index in [9.17, 15) is 28.7 Å². The zero-order valence-electron chi connectivity index (χ0n) is 21.6. The lowest BCUT2D eigenvalue weighted by molar-refractivity contribution is -0.182. The van der Waals surface area contributed by atoms with Crippen LogP contribution in [-0.4, -0.2) is 72.2 Å². The Kier molecular flexibility index (Phi) is 7.02.